The second kappa shape index (κ2) is 4.50. The van der Waals surface area contributed by atoms with Crippen molar-refractivity contribution in [2.45, 2.75) is 18.9 Å². The highest BCUT2D eigenvalue weighted by Crippen LogP contribution is 2.20. The Morgan fingerprint density at radius 2 is 2.35 bits per heavy atom. The zero-order chi connectivity index (χ0) is 11.7. The average Bonchev–Trinajstić information content (AvgIpc) is 2.71. The highest BCUT2D eigenvalue weighted by molar-refractivity contribution is 6.29. The molecule has 6 heteroatoms. The van der Waals surface area contributed by atoms with Gasteiger partial charge in [-0.05, 0) is 31.5 Å². The van der Waals surface area contributed by atoms with Crippen LogP contribution in [0.1, 0.15) is 12.8 Å². The predicted molar refractivity (Wildman–Crippen MR) is 66.3 cm³/mol. The first-order valence-corrected chi connectivity index (χ1v) is 6.09. The highest BCUT2D eigenvalue weighted by Gasteiger charge is 2.15. The van der Waals surface area contributed by atoms with Gasteiger partial charge in [0.2, 0.25) is 5.65 Å². The monoisotopic (exact) mass is 252 g/mol. The summed E-state index contributed by atoms with van der Waals surface area (Å²) >= 11 is 5.80. The molecule has 2 N–H and O–H groups in total. The maximum absolute atomic E-state index is 5.80. The van der Waals surface area contributed by atoms with Gasteiger partial charge in [0, 0.05) is 12.6 Å². The third-order valence-corrected chi connectivity index (χ3v) is 3.05. The van der Waals surface area contributed by atoms with Crippen molar-refractivity contribution in [2.24, 2.45) is 0 Å². The molecule has 1 saturated heterocycles. The van der Waals surface area contributed by atoms with Gasteiger partial charge in [-0.15, -0.1) is 0 Å². The van der Waals surface area contributed by atoms with E-state index in [0.29, 0.717) is 28.4 Å². The van der Waals surface area contributed by atoms with E-state index in [4.69, 9.17) is 16.0 Å². The number of hydrogen-bond acceptors (Lipinski definition) is 5. The van der Waals surface area contributed by atoms with Gasteiger partial charge in [0.05, 0.1) is 0 Å². The lowest BCUT2D eigenvalue weighted by Gasteiger charge is -2.22. The highest BCUT2D eigenvalue weighted by atomic mass is 35.5. The second-order valence-electron chi connectivity index (χ2n) is 4.16. The lowest BCUT2D eigenvalue weighted by atomic mass is 10.1. The van der Waals surface area contributed by atoms with Crippen LogP contribution in [-0.4, -0.2) is 29.1 Å². The van der Waals surface area contributed by atoms with Crippen LogP contribution in [0.15, 0.2) is 16.5 Å². The number of oxazole rings is 1. The van der Waals surface area contributed by atoms with E-state index in [1.165, 1.54) is 6.42 Å². The molecule has 3 heterocycles. The molecule has 1 atom stereocenters. The molecule has 0 aromatic carbocycles. The van der Waals surface area contributed by atoms with Gasteiger partial charge in [-0.25, -0.2) is 4.98 Å². The molecule has 0 spiro atoms. The van der Waals surface area contributed by atoms with Crippen molar-refractivity contribution < 1.29 is 4.42 Å². The van der Waals surface area contributed by atoms with Crippen molar-refractivity contribution in [1.29, 1.82) is 0 Å². The molecule has 0 saturated carbocycles. The Balaban J connectivity index is 1.80. The molecule has 90 valence electrons. The van der Waals surface area contributed by atoms with E-state index in [9.17, 15) is 0 Å². The minimum atomic E-state index is 0.368. The van der Waals surface area contributed by atoms with Gasteiger partial charge in [-0.3, -0.25) is 0 Å². The van der Waals surface area contributed by atoms with E-state index in [0.717, 1.165) is 19.5 Å². The topological polar surface area (TPSA) is 63.0 Å². The SMILES string of the molecule is Clc1ccc2oc(N[C@@H]3CCCNC3)nc2n1. The van der Waals surface area contributed by atoms with Crippen molar-refractivity contribution in [3.8, 4) is 0 Å². The number of fused-ring (bicyclic) bond motifs is 1. The van der Waals surface area contributed by atoms with E-state index < -0.39 is 0 Å². The number of anilines is 1. The molecule has 17 heavy (non-hydrogen) atoms. The zero-order valence-electron chi connectivity index (χ0n) is 9.24. The van der Waals surface area contributed by atoms with Crippen LogP contribution in [0.25, 0.3) is 11.2 Å². The number of pyridine rings is 1. The average molecular weight is 253 g/mol. The summed E-state index contributed by atoms with van der Waals surface area (Å²) in [5.74, 6) is 0. The Morgan fingerprint density at radius 3 is 3.18 bits per heavy atom. The maximum atomic E-state index is 5.80. The second-order valence-corrected chi connectivity index (χ2v) is 4.55. The number of nitrogens with one attached hydrogen (secondary N) is 2. The Bertz CT molecular complexity index is 521. The Labute approximate surface area is 104 Å². The summed E-state index contributed by atoms with van der Waals surface area (Å²) in [4.78, 5) is 8.36. The van der Waals surface area contributed by atoms with Gasteiger partial charge in [-0.2, -0.15) is 4.98 Å². The van der Waals surface area contributed by atoms with E-state index in [2.05, 4.69) is 20.6 Å². The smallest absolute Gasteiger partial charge is 0.297 e. The molecule has 0 unspecified atom stereocenters. The molecule has 0 aliphatic carbocycles. The molecule has 2 aromatic heterocycles. The summed E-state index contributed by atoms with van der Waals surface area (Å²) in [6, 6.07) is 4.36. The standard InChI is InChI=1S/C11H13ClN4O/c12-9-4-3-8-10(15-9)16-11(17-8)14-7-2-1-5-13-6-7/h3-4,7,13H,1-2,5-6H2,(H,14,15,16)/t7-/m1/s1. The van der Waals surface area contributed by atoms with E-state index in [1.54, 1.807) is 12.1 Å². The van der Waals surface area contributed by atoms with Crippen LogP contribution in [0.5, 0.6) is 0 Å². The van der Waals surface area contributed by atoms with Crippen LogP contribution in [-0.2, 0) is 0 Å². The molecule has 5 nitrogen and oxygen atoms in total. The van der Waals surface area contributed by atoms with E-state index in [1.807, 2.05) is 0 Å². The minimum Gasteiger partial charge on any atom is -0.422 e. The van der Waals surface area contributed by atoms with Crippen LogP contribution in [0.3, 0.4) is 0 Å². The molecule has 1 aliphatic rings. The van der Waals surface area contributed by atoms with Crippen molar-refractivity contribution in [3.63, 3.8) is 0 Å². The van der Waals surface area contributed by atoms with Crippen LogP contribution in [0.2, 0.25) is 5.15 Å². The molecular formula is C11H13ClN4O. The summed E-state index contributed by atoms with van der Waals surface area (Å²) < 4.78 is 5.55. The number of rotatable bonds is 2. The normalized spacial score (nSPS) is 20.6. The van der Waals surface area contributed by atoms with Crippen molar-refractivity contribution in [1.82, 2.24) is 15.3 Å². The van der Waals surface area contributed by atoms with Crippen LogP contribution >= 0.6 is 11.6 Å². The van der Waals surface area contributed by atoms with Gasteiger partial charge < -0.3 is 15.1 Å². The number of halogens is 1. The summed E-state index contributed by atoms with van der Waals surface area (Å²) in [6.45, 7) is 2.02. The van der Waals surface area contributed by atoms with Gasteiger partial charge >= 0.3 is 0 Å². The molecule has 0 amide bonds. The maximum Gasteiger partial charge on any atom is 0.297 e. The largest absolute Gasteiger partial charge is 0.422 e. The van der Waals surface area contributed by atoms with Crippen molar-refractivity contribution in [3.05, 3.63) is 17.3 Å². The Hall–Kier alpha value is -1.33. The molecule has 0 bridgehead atoms. The molecule has 1 aliphatic heterocycles. The number of nitrogens with zero attached hydrogens (tertiary/aromatic N) is 2. The van der Waals surface area contributed by atoms with Crippen molar-refractivity contribution >= 4 is 28.8 Å². The fraction of sp³-hybridized carbons (Fsp3) is 0.455. The zero-order valence-corrected chi connectivity index (χ0v) is 10.00. The fourth-order valence-corrected chi connectivity index (χ4v) is 2.15. The van der Waals surface area contributed by atoms with Crippen LogP contribution in [0.4, 0.5) is 6.01 Å². The third kappa shape index (κ3) is 2.35. The first-order valence-electron chi connectivity index (χ1n) is 5.71. The van der Waals surface area contributed by atoms with Gasteiger partial charge in [0.25, 0.3) is 6.01 Å². The van der Waals surface area contributed by atoms with Crippen LogP contribution in [0, 0.1) is 0 Å². The lowest BCUT2D eigenvalue weighted by molar-refractivity contribution is 0.467. The van der Waals surface area contributed by atoms with E-state index >= 15 is 0 Å². The van der Waals surface area contributed by atoms with E-state index in [-0.39, 0.29) is 0 Å². The predicted octanol–water partition coefficient (Wildman–Crippen LogP) is 2.04. The molecule has 1 fully saturated rings. The molecule has 3 rings (SSSR count). The first-order chi connectivity index (χ1) is 8.31. The molecular weight excluding hydrogens is 240 g/mol. The first kappa shape index (κ1) is 10.8. The summed E-state index contributed by atoms with van der Waals surface area (Å²) in [6.07, 6.45) is 2.29. The number of piperidine rings is 1. The quantitative estimate of drug-likeness (QED) is 0.801. The third-order valence-electron chi connectivity index (χ3n) is 2.84. The Kier molecular flexibility index (Phi) is 2.86. The van der Waals surface area contributed by atoms with Crippen LogP contribution < -0.4 is 10.6 Å². The van der Waals surface area contributed by atoms with Crippen molar-refractivity contribution in [2.75, 3.05) is 18.4 Å². The van der Waals surface area contributed by atoms with Gasteiger partial charge in [0.15, 0.2) is 5.58 Å². The number of hydrogen-bond donors (Lipinski definition) is 2. The molecule has 0 radical (unpaired) electrons. The molecule has 2 aromatic rings. The van der Waals surface area contributed by atoms with Gasteiger partial charge in [0.1, 0.15) is 5.15 Å². The Morgan fingerprint density at radius 1 is 1.41 bits per heavy atom. The summed E-state index contributed by atoms with van der Waals surface area (Å²) in [5.41, 5.74) is 1.20. The number of aromatic nitrogens is 2. The minimum absolute atomic E-state index is 0.368. The summed E-state index contributed by atoms with van der Waals surface area (Å²) in [7, 11) is 0. The lowest BCUT2D eigenvalue weighted by Crippen LogP contribution is -2.38. The van der Waals surface area contributed by atoms with Gasteiger partial charge in [-0.1, -0.05) is 11.6 Å². The fourth-order valence-electron chi connectivity index (χ4n) is 2.01. The summed E-state index contributed by atoms with van der Waals surface area (Å²) in [5, 5.41) is 7.02.